The van der Waals surface area contributed by atoms with Gasteiger partial charge >= 0.3 is 0 Å². The molecule has 6 heteroatoms. The summed E-state index contributed by atoms with van der Waals surface area (Å²) in [5.41, 5.74) is 4.62. The van der Waals surface area contributed by atoms with Gasteiger partial charge in [-0.3, -0.25) is 9.59 Å². The maximum absolute atomic E-state index is 12.7. The summed E-state index contributed by atoms with van der Waals surface area (Å²) in [6.45, 7) is 3.72. The number of Topliss-reactive ketones (excluding diaryl/α,β-unsaturated/α-hetero) is 1. The predicted molar refractivity (Wildman–Crippen MR) is 94.8 cm³/mol. The van der Waals surface area contributed by atoms with Crippen LogP contribution in [-0.4, -0.2) is 26.6 Å². The van der Waals surface area contributed by atoms with Gasteiger partial charge in [0, 0.05) is 17.7 Å². The molecule has 0 bridgehead atoms. The standard InChI is InChI=1S/C19H20N4O2/c1-10-16-14(8-5-9-15(16)24)21-17(10)19(25)20-11(2)18-22-12-6-3-4-7-13(12)23-18/h3-4,6-7,11,21H,5,8-9H2,1-2H3,(H,20,25)(H,22,23)/t11-/m1/s1. The first-order valence-corrected chi connectivity index (χ1v) is 8.54. The quantitative estimate of drug-likeness (QED) is 0.686. The third-order valence-electron chi connectivity index (χ3n) is 4.83. The van der Waals surface area contributed by atoms with E-state index in [1.807, 2.05) is 38.1 Å². The molecule has 1 amide bonds. The molecule has 1 atom stereocenters. The minimum absolute atomic E-state index is 0.124. The molecule has 128 valence electrons. The molecular formula is C19H20N4O2. The van der Waals surface area contributed by atoms with Gasteiger partial charge in [-0.2, -0.15) is 0 Å². The lowest BCUT2D eigenvalue weighted by molar-refractivity contribution is 0.0932. The summed E-state index contributed by atoms with van der Waals surface area (Å²) in [6, 6.07) is 7.49. The Morgan fingerprint density at radius 3 is 2.80 bits per heavy atom. The number of H-pyrrole nitrogens is 2. The number of aromatic amines is 2. The lowest BCUT2D eigenvalue weighted by Gasteiger charge is -2.11. The minimum atomic E-state index is -0.268. The van der Waals surface area contributed by atoms with Crippen LogP contribution in [0.15, 0.2) is 24.3 Å². The highest BCUT2D eigenvalue weighted by Gasteiger charge is 2.27. The number of amides is 1. The van der Waals surface area contributed by atoms with Crippen LogP contribution in [0.25, 0.3) is 11.0 Å². The Balaban J connectivity index is 1.58. The number of aryl methyl sites for hydroxylation is 1. The molecule has 0 radical (unpaired) electrons. The second-order valence-electron chi connectivity index (χ2n) is 6.59. The van der Waals surface area contributed by atoms with Crippen LogP contribution >= 0.6 is 0 Å². The van der Waals surface area contributed by atoms with E-state index < -0.39 is 0 Å². The maximum atomic E-state index is 12.7. The molecule has 3 N–H and O–H groups in total. The number of para-hydroxylation sites is 2. The molecule has 6 nitrogen and oxygen atoms in total. The summed E-state index contributed by atoms with van der Waals surface area (Å²) in [4.78, 5) is 35.7. The van der Waals surface area contributed by atoms with Crippen molar-refractivity contribution in [3.63, 3.8) is 0 Å². The summed E-state index contributed by atoms with van der Waals surface area (Å²) in [5.74, 6) is 0.617. The largest absolute Gasteiger partial charge is 0.354 e. The molecule has 3 aromatic rings. The van der Waals surface area contributed by atoms with Crippen molar-refractivity contribution in [3.05, 3.63) is 52.6 Å². The van der Waals surface area contributed by atoms with Crippen molar-refractivity contribution in [1.82, 2.24) is 20.3 Å². The number of ketones is 1. The van der Waals surface area contributed by atoms with Gasteiger partial charge in [0.1, 0.15) is 11.5 Å². The first kappa shape index (κ1) is 15.6. The Kier molecular flexibility index (Phi) is 3.67. The van der Waals surface area contributed by atoms with E-state index in [9.17, 15) is 9.59 Å². The summed E-state index contributed by atoms with van der Waals surface area (Å²) in [6.07, 6.45) is 2.21. The number of aromatic nitrogens is 3. The fraction of sp³-hybridized carbons (Fsp3) is 0.316. The first-order chi connectivity index (χ1) is 12.0. The second kappa shape index (κ2) is 5.88. The van der Waals surface area contributed by atoms with Gasteiger partial charge in [0.05, 0.1) is 17.1 Å². The van der Waals surface area contributed by atoms with Crippen molar-refractivity contribution in [2.75, 3.05) is 0 Å². The predicted octanol–water partition coefficient (Wildman–Crippen LogP) is 3.21. The van der Waals surface area contributed by atoms with E-state index in [1.54, 1.807) is 0 Å². The molecule has 0 saturated heterocycles. The molecule has 2 aromatic heterocycles. The number of carbonyl (C=O) groups is 2. The minimum Gasteiger partial charge on any atom is -0.354 e. The van der Waals surface area contributed by atoms with Crippen LogP contribution in [0.2, 0.25) is 0 Å². The van der Waals surface area contributed by atoms with Gasteiger partial charge < -0.3 is 15.3 Å². The summed E-state index contributed by atoms with van der Waals surface area (Å²) in [5, 5.41) is 2.96. The molecule has 1 aromatic carbocycles. The van der Waals surface area contributed by atoms with E-state index >= 15 is 0 Å². The van der Waals surface area contributed by atoms with Crippen molar-refractivity contribution in [3.8, 4) is 0 Å². The Hall–Kier alpha value is -2.89. The second-order valence-corrected chi connectivity index (χ2v) is 6.59. The fourth-order valence-corrected chi connectivity index (χ4v) is 3.52. The van der Waals surface area contributed by atoms with Crippen molar-refractivity contribution in [2.45, 2.75) is 39.2 Å². The lowest BCUT2D eigenvalue weighted by Crippen LogP contribution is -2.28. The average molecular weight is 336 g/mol. The van der Waals surface area contributed by atoms with Gasteiger partial charge in [-0.25, -0.2) is 4.98 Å². The molecule has 2 heterocycles. The van der Waals surface area contributed by atoms with Crippen LogP contribution in [0.4, 0.5) is 0 Å². The molecule has 0 spiro atoms. The molecule has 0 saturated carbocycles. The summed E-state index contributed by atoms with van der Waals surface area (Å²) >= 11 is 0. The van der Waals surface area contributed by atoms with Crippen LogP contribution in [0.5, 0.6) is 0 Å². The third-order valence-corrected chi connectivity index (χ3v) is 4.83. The molecular weight excluding hydrogens is 316 g/mol. The number of rotatable bonds is 3. The van der Waals surface area contributed by atoms with E-state index in [4.69, 9.17) is 0 Å². The first-order valence-electron chi connectivity index (χ1n) is 8.54. The van der Waals surface area contributed by atoms with Gasteiger partial charge in [0.15, 0.2) is 5.78 Å². The van der Waals surface area contributed by atoms with Gasteiger partial charge in [0.25, 0.3) is 5.91 Å². The highest BCUT2D eigenvalue weighted by molar-refractivity contribution is 6.04. The van der Waals surface area contributed by atoms with Crippen LogP contribution in [0.1, 0.15) is 63.7 Å². The van der Waals surface area contributed by atoms with Crippen LogP contribution in [-0.2, 0) is 6.42 Å². The lowest BCUT2D eigenvalue weighted by atomic mass is 9.94. The Labute approximate surface area is 145 Å². The summed E-state index contributed by atoms with van der Waals surface area (Å²) < 4.78 is 0. The van der Waals surface area contributed by atoms with Crippen molar-refractivity contribution >= 4 is 22.7 Å². The van der Waals surface area contributed by atoms with Crippen molar-refractivity contribution in [1.29, 1.82) is 0 Å². The third kappa shape index (κ3) is 2.63. The zero-order valence-corrected chi connectivity index (χ0v) is 14.3. The zero-order chi connectivity index (χ0) is 17.6. The van der Waals surface area contributed by atoms with Crippen LogP contribution < -0.4 is 5.32 Å². The number of nitrogens with one attached hydrogen (secondary N) is 3. The molecule has 1 aliphatic carbocycles. The van der Waals surface area contributed by atoms with Crippen molar-refractivity contribution < 1.29 is 9.59 Å². The molecule has 0 fully saturated rings. The Morgan fingerprint density at radius 1 is 1.24 bits per heavy atom. The SMILES string of the molecule is Cc1c(C(=O)N[C@H](C)c2nc3ccccc3[nH]2)[nH]c2c1C(=O)CCC2. The van der Waals surface area contributed by atoms with Crippen molar-refractivity contribution in [2.24, 2.45) is 0 Å². The van der Waals surface area contributed by atoms with E-state index in [0.29, 0.717) is 23.5 Å². The fourth-order valence-electron chi connectivity index (χ4n) is 3.52. The number of hydrogen-bond acceptors (Lipinski definition) is 3. The number of imidazole rings is 1. The van der Waals surface area contributed by atoms with Crippen LogP contribution in [0, 0.1) is 6.92 Å². The van der Waals surface area contributed by atoms with Gasteiger partial charge in [-0.05, 0) is 44.4 Å². The Bertz CT molecular complexity index is 950. The number of hydrogen-bond donors (Lipinski definition) is 3. The van der Waals surface area contributed by atoms with Gasteiger partial charge in [-0.15, -0.1) is 0 Å². The van der Waals surface area contributed by atoms with E-state index in [2.05, 4.69) is 20.3 Å². The number of fused-ring (bicyclic) bond motifs is 2. The highest BCUT2D eigenvalue weighted by atomic mass is 16.2. The maximum Gasteiger partial charge on any atom is 0.268 e. The van der Waals surface area contributed by atoms with E-state index in [1.165, 1.54) is 0 Å². The number of benzene rings is 1. The molecule has 0 aliphatic heterocycles. The number of nitrogens with zero attached hydrogens (tertiary/aromatic N) is 1. The zero-order valence-electron chi connectivity index (χ0n) is 14.3. The molecule has 4 rings (SSSR count). The van der Waals surface area contributed by atoms with E-state index in [-0.39, 0.29) is 17.7 Å². The molecule has 1 aliphatic rings. The van der Waals surface area contributed by atoms with Gasteiger partial charge in [0.2, 0.25) is 0 Å². The topological polar surface area (TPSA) is 90.6 Å². The van der Waals surface area contributed by atoms with Crippen LogP contribution in [0.3, 0.4) is 0 Å². The molecule has 0 unspecified atom stereocenters. The Morgan fingerprint density at radius 2 is 2.04 bits per heavy atom. The average Bonchev–Trinajstić information content (AvgIpc) is 3.17. The summed E-state index contributed by atoms with van der Waals surface area (Å²) in [7, 11) is 0. The number of carbonyl (C=O) groups excluding carboxylic acids is 2. The molecule has 25 heavy (non-hydrogen) atoms. The highest BCUT2D eigenvalue weighted by Crippen LogP contribution is 2.27. The van der Waals surface area contributed by atoms with Gasteiger partial charge in [-0.1, -0.05) is 12.1 Å². The smallest absolute Gasteiger partial charge is 0.268 e. The van der Waals surface area contributed by atoms with E-state index in [0.717, 1.165) is 35.1 Å². The monoisotopic (exact) mass is 336 g/mol. The normalized spacial score (nSPS) is 15.2.